The zero-order valence-corrected chi connectivity index (χ0v) is 14.7. The van der Waals surface area contributed by atoms with Crippen LogP contribution in [0, 0.1) is 0 Å². The molecule has 1 atom stereocenters. The lowest BCUT2D eigenvalue weighted by Crippen LogP contribution is -2.47. The molecule has 7 nitrogen and oxygen atoms in total. The van der Waals surface area contributed by atoms with E-state index in [0.29, 0.717) is 19.8 Å². The number of morpholine rings is 1. The summed E-state index contributed by atoms with van der Waals surface area (Å²) in [7, 11) is -3.49. The molecule has 2 fully saturated rings. The van der Waals surface area contributed by atoms with E-state index in [1.165, 1.54) is 0 Å². The standard InChI is InChI=1S/C16H26N4O3S/c21-24(22,19-15-5-1-2-6-15)18-13-16(14-4-3-7-17-12-14)20-8-10-23-11-9-20/h3-4,7,12,15-16,18-19H,1-2,5-6,8-11,13H2. The lowest BCUT2D eigenvalue weighted by Gasteiger charge is -2.34. The summed E-state index contributed by atoms with van der Waals surface area (Å²) in [5, 5.41) is 0. The maximum Gasteiger partial charge on any atom is 0.277 e. The van der Waals surface area contributed by atoms with Crippen molar-refractivity contribution in [3.63, 3.8) is 0 Å². The largest absolute Gasteiger partial charge is 0.379 e. The van der Waals surface area contributed by atoms with Gasteiger partial charge in [-0.3, -0.25) is 9.88 Å². The molecular weight excluding hydrogens is 328 g/mol. The fourth-order valence-corrected chi connectivity index (χ4v) is 4.55. The molecule has 8 heteroatoms. The highest BCUT2D eigenvalue weighted by Crippen LogP contribution is 2.21. The van der Waals surface area contributed by atoms with E-state index in [2.05, 4.69) is 19.3 Å². The normalized spacial score (nSPS) is 21.8. The third-order valence-corrected chi connectivity index (χ3v) is 5.89. The van der Waals surface area contributed by atoms with Gasteiger partial charge in [-0.1, -0.05) is 18.9 Å². The van der Waals surface area contributed by atoms with Gasteiger partial charge in [-0.15, -0.1) is 0 Å². The lowest BCUT2D eigenvalue weighted by atomic mass is 10.1. The third kappa shape index (κ3) is 4.97. The molecule has 0 amide bonds. The first-order valence-electron chi connectivity index (χ1n) is 8.63. The number of hydrogen-bond donors (Lipinski definition) is 2. The van der Waals surface area contributed by atoms with Crippen LogP contribution in [0.25, 0.3) is 0 Å². The molecule has 1 saturated carbocycles. The van der Waals surface area contributed by atoms with Crippen LogP contribution in [-0.4, -0.2) is 57.2 Å². The number of nitrogens with zero attached hydrogens (tertiary/aromatic N) is 2. The Morgan fingerprint density at radius 2 is 2.04 bits per heavy atom. The minimum absolute atomic E-state index is 0.0391. The number of aromatic nitrogens is 1. The molecule has 24 heavy (non-hydrogen) atoms. The fourth-order valence-electron chi connectivity index (χ4n) is 3.41. The first-order valence-corrected chi connectivity index (χ1v) is 10.1. The van der Waals surface area contributed by atoms with Crippen molar-refractivity contribution >= 4 is 10.2 Å². The van der Waals surface area contributed by atoms with Gasteiger partial charge in [0.1, 0.15) is 0 Å². The number of rotatable bonds is 7. The Hall–Kier alpha value is -1.06. The van der Waals surface area contributed by atoms with Crippen molar-refractivity contribution in [2.75, 3.05) is 32.8 Å². The van der Waals surface area contributed by atoms with Gasteiger partial charge in [0, 0.05) is 38.1 Å². The van der Waals surface area contributed by atoms with Gasteiger partial charge >= 0.3 is 0 Å². The van der Waals surface area contributed by atoms with Crippen molar-refractivity contribution < 1.29 is 13.2 Å². The minimum Gasteiger partial charge on any atom is -0.379 e. The Kier molecular flexibility index (Phi) is 6.18. The molecule has 1 saturated heterocycles. The quantitative estimate of drug-likeness (QED) is 0.757. The summed E-state index contributed by atoms with van der Waals surface area (Å²) < 4.78 is 35.6. The first-order chi connectivity index (χ1) is 11.6. The van der Waals surface area contributed by atoms with Crippen LogP contribution in [0.2, 0.25) is 0 Å². The third-order valence-electron chi connectivity index (χ3n) is 4.70. The van der Waals surface area contributed by atoms with E-state index in [-0.39, 0.29) is 12.1 Å². The molecule has 1 unspecified atom stereocenters. The van der Waals surface area contributed by atoms with Crippen LogP contribution in [0.4, 0.5) is 0 Å². The number of hydrogen-bond acceptors (Lipinski definition) is 5. The molecule has 2 N–H and O–H groups in total. The van der Waals surface area contributed by atoms with Crippen LogP contribution in [0.1, 0.15) is 37.3 Å². The average molecular weight is 354 g/mol. The fraction of sp³-hybridized carbons (Fsp3) is 0.688. The van der Waals surface area contributed by atoms with Crippen molar-refractivity contribution in [3.05, 3.63) is 30.1 Å². The SMILES string of the molecule is O=S(=O)(NCC(c1cccnc1)N1CCOCC1)NC1CCCC1. The zero-order chi connectivity index (χ0) is 16.8. The highest BCUT2D eigenvalue weighted by Gasteiger charge is 2.26. The van der Waals surface area contributed by atoms with Crippen molar-refractivity contribution in [1.29, 1.82) is 0 Å². The molecule has 3 rings (SSSR count). The number of ether oxygens (including phenoxy) is 1. The van der Waals surface area contributed by atoms with Gasteiger partial charge in [0.05, 0.1) is 19.3 Å². The Labute approximate surface area is 144 Å². The molecule has 1 aliphatic carbocycles. The second kappa shape index (κ2) is 8.35. The molecule has 0 aromatic carbocycles. The van der Waals surface area contributed by atoms with Crippen molar-refractivity contribution in [1.82, 2.24) is 19.3 Å². The first kappa shape index (κ1) is 17.8. The second-order valence-electron chi connectivity index (χ2n) is 6.40. The van der Waals surface area contributed by atoms with Crippen LogP contribution >= 0.6 is 0 Å². The van der Waals surface area contributed by atoms with E-state index in [9.17, 15) is 8.42 Å². The van der Waals surface area contributed by atoms with Gasteiger partial charge in [0.15, 0.2) is 0 Å². The van der Waals surface area contributed by atoms with Crippen LogP contribution < -0.4 is 9.44 Å². The van der Waals surface area contributed by atoms with Gasteiger partial charge in [0.25, 0.3) is 10.2 Å². The summed E-state index contributed by atoms with van der Waals surface area (Å²) in [4.78, 5) is 6.43. The topological polar surface area (TPSA) is 83.6 Å². The smallest absolute Gasteiger partial charge is 0.277 e. The number of pyridine rings is 1. The van der Waals surface area contributed by atoms with E-state index < -0.39 is 10.2 Å². The summed E-state index contributed by atoms with van der Waals surface area (Å²) >= 11 is 0. The molecule has 0 bridgehead atoms. The van der Waals surface area contributed by atoms with Gasteiger partial charge < -0.3 is 4.74 Å². The maximum atomic E-state index is 12.3. The number of nitrogens with one attached hydrogen (secondary N) is 2. The van der Waals surface area contributed by atoms with Gasteiger partial charge in [-0.05, 0) is 24.5 Å². The molecule has 1 aliphatic heterocycles. The Morgan fingerprint density at radius 1 is 1.29 bits per heavy atom. The predicted octanol–water partition coefficient (Wildman–Crippen LogP) is 0.821. The van der Waals surface area contributed by atoms with Crippen LogP contribution in [-0.2, 0) is 14.9 Å². The monoisotopic (exact) mass is 354 g/mol. The van der Waals surface area contributed by atoms with Gasteiger partial charge in [-0.25, -0.2) is 4.72 Å². The van der Waals surface area contributed by atoms with Gasteiger partial charge in [-0.2, -0.15) is 13.1 Å². The molecule has 2 aliphatic rings. The summed E-state index contributed by atoms with van der Waals surface area (Å²) in [6.07, 6.45) is 7.58. The average Bonchev–Trinajstić information content (AvgIpc) is 3.09. The highest BCUT2D eigenvalue weighted by molar-refractivity contribution is 7.87. The van der Waals surface area contributed by atoms with Crippen LogP contribution in [0.5, 0.6) is 0 Å². The van der Waals surface area contributed by atoms with Crippen LogP contribution in [0.3, 0.4) is 0 Å². The Balaban J connectivity index is 1.64. The van der Waals surface area contributed by atoms with E-state index in [4.69, 9.17) is 4.74 Å². The predicted molar refractivity (Wildman–Crippen MR) is 91.7 cm³/mol. The zero-order valence-electron chi connectivity index (χ0n) is 13.9. The van der Waals surface area contributed by atoms with E-state index in [0.717, 1.165) is 44.3 Å². The lowest BCUT2D eigenvalue weighted by molar-refractivity contribution is 0.0171. The molecule has 1 aromatic rings. The Morgan fingerprint density at radius 3 is 2.71 bits per heavy atom. The molecule has 0 radical (unpaired) electrons. The van der Waals surface area contributed by atoms with E-state index in [1.54, 1.807) is 12.4 Å². The van der Waals surface area contributed by atoms with Crippen molar-refractivity contribution in [2.45, 2.75) is 37.8 Å². The molecule has 2 heterocycles. The summed E-state index contributed by atoms with van der Waals surface area (Å²) in [5.41, 5.74) is 1.02. The summed E-state index contributed by atoms with van der Waals surface area (Å²) in [6, 6.07) is 3.91. The summed E-state index contributed by atoms with van der Waals surface area (Å²) in [6.45, 7) is 3.25. The highest BCUT2D eigenvalue weighted by atomic mass is 32.2. The molecule has 0 spiro atoms. The Bertz CT molecular complexity index is 599. The molecular formula is C16H26N4O3S. The molecule has 1 aromatic heterocycles. The van der Waals surface area contributed by atoms with Crippen molar-refractivity contribution in [3.8, 4) is 0 Å². The van der Waals surface area contributed by atoms with E-state index >= 15 is 0 Å². The maximum absolute atomic E-state index is 12.3. The summed E-state index contributed by atoms with van der Waals surface area (Å²) in [5.74, 6) is 0. The van der Waals surface area contributed by atoms with E-state index in [1.807, 2.05) is 12.1 Å². The second-order valence-corrected chi connectivity index (χ2v) is 7.93. The van der Waals surface area contributed by atoms with Gasteiger partial charge in [0.2, 0.25) is 0 Å². The molecule has 134 valence electrons. The minimum atomic E-state index is -3.49. The van der Waals surface area contributed by atoms with Crippen molar-refractivity contribution in [2.24, 2.45) is 0 Å². The van der Waals surface area contributed by atoms with Crippen LogP contribution in [0.15, 0.2) is 24.5 Å².